The van der Waals surface area contributed by atoms with Crippen LogP contribution in [0.3, 0.4) is 0 Å². The van der Waals surface area contributed by atoms with E-state index in [1.165, 1.54) is 32.1 Å². The van der Waals surface area contributed by atoms with Crippen molar-refractivity contribution in [1.29, 1.82) is 0 Å². The molecule has 0 aromatic heterocycles. The molecule has 212 valence electrons. The van der Waals surface area contributed by atoms with E-state index in [4.69, 9.17) is 4.74 Å². The number of ether oxygens (including phenoxy) is 1. The van der Waals surface area contributed by atoms with Gasteiger partial charge in [-0.15, -0.1) is 0 Å². The molecule has 1 amide bonds. The van der Waals surface area contributed by atoms with Crippen molar-refractivity contribution in [2.45, 2.75) is 138 Å². The van der Waals surface area contributed by atoms with Gasteiger partial charge in [-0.2, -0.15) is 0 Å². The average molecular weight is 518 g/mol. The van der Waals surface area contributed by atoms with Crippen LogP contribution in [0.4, 0.5) is 4.79 Å². The fourth-order valence-corrected chi connectivity index (χ4v) is 11.3. The van der Waals surface area contributed by atoms with Gasteiger partial charge in [0.15, 0.2) is 0 Å². The predicted molar refractivity (Wildman–Crippen MR) is 148 cm³/mol. The van der Waals surface area contributed by atoms with Gasteiger partial charge in [0.25, 0.3) is 6.47 Å². The zero-order chi connectivity index (χ0) is 27.4. The minimum atomic E-state index is -0.838. The summed E-state index contributed by atoms with van der Waals surface area (Å²) in [5.74, 6) is 3.20. The Labute approximate surface area is 226 Å². The largest absolute Gasteiger partial charge is 0.465 e. The van der Waals surface area contributed by atoms with Crippen molar-refractivity contribution in [1.82, 2.24) is 5.32 Å². The van der Waals surface area contributed by atoms with Crippen molar-refractivity contribution in [3.63, 3.8) is 0 Å². The molecule has 0 saturated heterocycles. The lowest BCUT2D eigenvalue weighted by molar-refractivity contribution is -0.243. The van der Waals surface area contributed by atoms with Crippen LogP contribution in [0.5, 0.6) is 0 Å². The van der Waals surface area contributed by atoms with Crippen LogP contribution >= 0.6 is 0 Å². The van der Waals surface area contributed by atoms with Gasteiger partial charge >= 0.3 is 6.09 Å². The quantitative estimate of drug-likeness (QED) is 0.371. The summed E-state index contributed by atoms with van der Waals surface area (Å²) in [5, 5.41) is 12.7. The van der Waals surface area contributed by atoms with Crippen LogP contribution in [0.1, 0.15) is 126 Å². The molecule has 2 N–H and O–H groups in total. The Balaban J connectivity index is 0.000000747. The molecule has 0 heterocycles. The van der Waals surface area contributed by atoms with Gasteiger partial charge in [-0.1, -0.05) is 61.8 Å². The molecule has 7 unspecified atom stereocenters. The Morgan fingerprint density at radius 2 is 1.51 bits per heavy atom. The summed E-state index contributed by atoms with van der Waals surface area (Å²) in [6, 6.07) is 0. The molecule has 5 aliphatic carbocycles. The van der Waals surface area contributed by atoms with Crippen molar-refractivity contribution in [3.8, 4) is 0 Å². The van der Waals surface area contributed by atoms with Crippen LogP contribution in [0.15, 0.2) is 0 Å². The Morgan fingerprint density at radius 1 is 0.838 bits per heavy atom. The third-order valence-corrected chi connectivity index (χ3v) is 12.9. The van der Waals surface area contributed by atoms with E-state index in [1.54, 1.807) is 0 Å². The van der Waals surface area contributed by atoms with Crippen molar-refractivity contribution in [2.24, 2.45) is 51.2 Å². The van der Waals surface area contributed by atoms with Gasteiger partial charge in [0.05, 0.1) is 0 Å². The maximum Gasteiger partial charge on any atom is 0.405 e. The monoisotopic (exact) mass is 517 g/mol. The fraction of sp³-hybridized carbons (Fsp3) is 0.938. The Hall–Kier alpha value is -1.26. The van der Waals surface area contributed by atoms with Gasteiger partial charge in [0.2, 0.25) is 0 Å². The van der Waals surface area contributed by atoms with E-state index in [9.17, 15) is 14.7 Å². The molecule has 5 heteroatoms. The summed E-state index contributed by atoms with van der Waals surface area (Å²) in [7, 11) is 0. The molecule has 5 rings (SSSR count). The first-order valence-corrected chi connectivity index (χ1v) is 15.3. The van der Waals surface area contributed by atoms with E-state index in [2.05, 4.69) is 60.7 Å². The van der Waals surface area contributed by atoms with Gasteiger partial charge in [0.1, 0.15) is 6.10 Å². The molecule has 5 saturated carbocycles. The van der Waals surface area contributed by atoms with E-state index in [0.29, 0.717) is 30.1 Å². The van der Waals surface area contributed by atoms with Gasteiger partial charge < -0.3 is 15.2 Å². The van der Waals surface area contributed by atoms with Crippen LogP contribution in [0.25, 0.3) is 0 Å². The number of carbonyl (C=O) groups is 2. The Kier molecular flexibility index (Phi) is 7.56. The molecule has 0 aromatic carbocycles. The number of hydrogen-bond acceptors (Lipinski definition) is 3. The molecule has 9 atom stereocenters. The SMILES string of the molecule is CC(C)C.CC1(C)C(OC=O)CCC2(C)C1CCC1(C)C2CCC2[C@H]3CCCC3(NC(=O)O)CC[C@]21C. The van der Waals surface area contributed by atoms with Gasteiger partial charge in [-0.25, -0.2) is 4.79 Å². The standard InChI is InChI=1S/C28H45NO4.C4H10/c1-24(2)20-10-14-27(5)21(25(20,3)13-11-22(24)33-17-30)9-8-18-19-7-6-12-28(19,29-23(31)32)16-15-26(18,27)4;1-4(2)3/h17-22,29H,6-16H2,1-5H3,(H,31,32);4H,1-3H3/t18?,19-,20?,21?,22?,25?,26-,27?,28?;/m1./s1. The predicted octanol–water partition coefficient (Wildman–Crippen LogP) is 8.07. The summed E-state index contributed by atoms with van der Waals surface area (Å²) in [6.45, 7) is 19.6. The van der Waals surface area contributed by atoms with E-state index in [1.807, 2.05) is 0 Å². The molecule has 5 nitrogen and oxygen atoms in total. The lowest BCUT2D eigenvalue weighted by atomic mass is 9.33. The van der Waals surface area contributed by atoms with Crippen LogP contribution in [0.2, 0.25) is 0 Å². The number of carbonyl (C=O) groups excluding carboxylic acids is 1. The number of hydrogen-bond donors (Lipinski definition) is 2. The van der Waals surface area contributed by atoms with Crippen molar-refractivity contribution < 1.29 is 19.4 Å². The second-order valence-corrected chi connectivity index (χ2v) is 15.6. The molecule has 0 spiro atoms. The first-order valence-electron chi connectivity index (χ1n) is 15.3. The minimum Gasteiger partial charge on any atom is -0.465 e. The molecule has 5 aliphatic rings. The first-order chi connectivity index (χ1) is 17.2. The molecular formula is C32H55NO4. The molecular weight excluding hydrogens is 462 g/mol. The molecule has 0 bridgehead atoms. The highest BCUT2D eigenvalue weighted by Crippen LogP contribution is 2.75. The van der Waals surface area contributed by atoms with Crippen LogP contribution in [-0.2, 0) is 9.53 Å². The van der Waals surface area contributed by atoms with Crippen LogP contribution < -0.4 is 5.32 Å². The van der Waals surface area contributed by atoms with Gasteiger partial charge in [-0.05, 0) is 110 Å². The molecule has 0 aliphatic heterocycles. The van der Waals surface area contributed by atoms with Crippen molar-refractivity contribution in [2.75, 3.05) is 0 Å². The zero-order valence-corrected chi connectivity index (χ0v) is 25.0. The number of carboxylic acid groups (broad SMARTS) is 1. The van der Waals surface area contributed by atoms with Gasteiger partial charge in [-0.3, -0.25) is 4.79 Å². The maximum atomic E-state index is 11.7. The first kappa shape index (κ1) is 28.7. The number of fused-ring (bicyclic) bond motifs is 7. The third-order valence-electron chi connectivity index (χ3n) is 12.9. The Bertz CT molecular complexity index is 868. The van der Waals surface area contributed by atoms with E-state index in [0.717, 1.165) is 44.4 Å². The number of rotatable bonds is 3. The van der Waals surface area contributed by atoms with E-state index >= 15 is 0 Å². The summed E-state index contributed by atoms with van der Waals surface area (Å²) in [6.07, 6.45) is 11.8. The van der Waals surface area contributed by atoms with E-state index < -0.39 is 6.09 Å². The zero-order valence-electron chi connectivity index (χ0n) is 25.0. The summed E-state index contributed by atoms with van der Waals surface area (Å²) in [5.41, 5.74) is 0.644. The van der Waals surface area contributed by atoms with Crippen molar-refractivity contribution in [3.05, 3.63) is 0 Å². The number of nitrogens with one attached hydrogen (secondary N) is 1. The minimum absolute atomic E-state index is 0.00553. The van der Waals surface area contributed by atoms with Crippen molar-refractivity contribution >= 4 is 12.6 Å². The van der Waals surface area contributed by atoms with Gasteiger partial charge in [0, 0.05) is 11.0 Å². The molecule has 0 aromatic rings. The number of amides is 1. The third kappa shape index (κ3) is 4.33. The highest BCUT2D eigenvalue weighted by Gasteiger charge is 2.70. The second-order valence-electron chi connectivity index (χ2n) is 15.6. The molecule has 0 radical (unpaired) electrons. The molecule has 5 fully saturated rings. The van der Waals surface area contributed by atoms with Crippen LogP contribution in [-0.4, -0.2) is 29.3 Å². The van der Waals surface area contributed by atoms with E-state index in [-0.39, 0.29) is 33.3 Å². The normalized spacial score (nSPS) is 47.8. The average Bonchev–Trinajstić information content (AvgIpc) is 3.19. The van der Waals surface area contributed by atoms with Crippen LogP contribution in [0, 0.1) is 51.2 Å². The summed E-state index contributed by atoms with van der Waals surface area (Å²) in [4.78, 5) is 22.9. The topological polar surface area (TPSA) is 75.6 Å². The maximum absolute atomic E-state index is 11.7. The second kappa shape index (κ2) is 9.73. The Morgan fingerprint density at radius 3 is 2.14 bits per heavy atom. The summed E-state index contributed by atoms with van der Waals surface area (Å²) >= 11 is 0. The lowest BCUT2D eigenvalue weighted by Crippen LogP contribution is -2.68. The smallest absolute Gasteiger partial charge is 0.405 e. The summed E-state index contributed by atoms with van der Waals surface area (Å²) < 4.78 is 5.61. The lowest BCUT2D eigenvalue weighted by Gasteiger charge is -2.72. The fourth-order valence-electron chi connectivity index (χ4n) is 11.3. The molecule has 37 heavy (non-hydrogen) atoms. The highest BCUT2D eigenvalue weighted by atomic mass is 16.5. The highest BCUT2D eigenvalue weighted by molar-refractivity contribution is 5.66.